The second-order valence-corrected chi connectivity index (χ2v) is 8.73. The summed E-state index contributed by atoms with van der Waals surface area (Å²) in [6.07, 6.45) is 2.43. The SMILES string of the molecule is O=C(c1ccc2c(c1)OCO2)N(Cc1cccc(OCCc2ccccc2F)c1)C[C@@H]1CCCO1. The van der Waals surface area contributed by atoms with Gasteiger partial charge in [-0.2, -0.15) is 0 Å². The van der Waals surface area contributed by atoms with Crippen LogP contribution in [0.2, 0.25) is 0 Å². The second kappa shape index (κ2) is 10.8. The van der Waals surface area contributed by atoms with Crippen LogP contribution >= 0.6 is 0 Å². The van der Waals surface area contributed by atoms with Crippen LogP contribution in [0.3, 0.4) is 0 Å². The van der Waals surface area contributed by atoms with Crippen LogP contribution in [0, 0.1) is 5.82 Å². The van der Waals surface area contributed by atoms with Gasteiger partial charge in [0.2, 0.25) is 6.79 Å². The van der Waals surface area contributed by atoms with Gasteiger partial charge in [0.25, 0.3) is 5.91 Å². The molecule has 0 spiro atoms. The van der Waals surface area contributed by atoms with Gasteiger partial charge in [-0.05, 0) is 60.4 Å². The highest BCUT2D eigenvalue weighted by Crippen LogP contribution is 2.33. The molecule has 3 aromatic rings. The van der Waals surface area contributed by atoms with Gasteiger partial charge in [-0.15, -0.1) is 0 Å². The summed E-state index contributed by atoms with van der Waals surface area (Å²) >= 11 is 0. The Morgan fingerprint density at radius 2 is 1.91 bits per heavy atom. The first-order valence-corrected chi connectivity index (χ1v) is 11.9. The molecule has 6 nitrogen and oxygen atoms in total. The van der Waals surface area contributed by atoms with E-state index in [1.807, 2.05) is 35.2 Å². The smallest absolute Gasteiger partial charge is 0.254 e. The minimum atomic E-state index is -0.225. The fraction of sp³-hybridized carbons (Fsp3) is 0.321. The van der Waals surface area contributed by atoms with Crippen molar-refractivity contribution in [2.24, 2.45) is 0 Å². The molecule has 7 heteroatoms. The van der Waals surface area contributed by atoms with Crippen molar-refractivity contribution in [2.45, 2.75) is 31.9 Å². The van der Waals surface area contributed by atoms with Crippen LogP contribution in [0.5, 0.6) is 17.2 Å². The van der Waals surface area contributed by atoms with Crippen molar-refractivity contribution in [1.82, 2.24) is 4.90 Å². The Kier molecular flexibility index (Phi) is 7.14. The van der Waals surface area contributed by atoms with E-state index in [-0.39, 0.29) is 24.6 Å². The number of carbonyl (C=O) groups is 1. The fourth-order valence-electron chi connectivity index (χ4n) is 4.40. The van der Waals surface area contributed by atoms with Crippen LogP contribution < -0.4 is 14.2 Å². The third kappa shape index (κ3) is 5.74. The van der Waals surface area contributed by atoms with Crippen LogP contribution in [-0.4, -0.2) is 43.5 Å². The first-order chi connectivity index (χ1) is 17.2. The molecule has 0 N–H and O–H groups in total. The van der Waals surface area contributed by atoms with Gasteiger partial charge in [0.15, 0.2) is 11.5 Å². The number of amides is 1. The summed E-state index contributed by atoms with van der Waals surface area (Å²) in [7, 11) is 0. The zero-order valence-corrected chi connectivity index (χ0v) is 19.5. The van der Waals surface area contributed by atoms with Crippen LogP contribution in [0.1, 0.15) is 34.3 Å². The number of hydrogen-bond donors (Lipinski definition) is 0. The van der Waals surface area contributed by atoms with E-state index >= 15 is 0 Å². The Balaban J connectivity index is 1.28. The monoisotopic (exact) mass is 477 g/mol. The molecule has 182 valence electrons. The van der Waals surface area contributed by atoms with Gasteiger partial charge >= 0.3 is 0 Å². The third-order valence-corrected chi connectivity index (χ3v) is 6.22. The summed E-state index contributed by atoms with van der Waals surface area (Å²) in [6.45, 7) is 2.17. The van der Waals surface area contributed by atoms with Crippen molar-refractivity contribution in [3.05, 3.63) is 89.2 Å². The molecule has 1 atom stereocenters. The van der Waals surface area contributed by atoms with E-state index < -0.39 is 0 Å². The molecular formula is C28H28FNO5. The lowest BCUT2D eigenvalue weighted by Gasteiger charge is -2.26. The molecule has 2 heterocycles. The molecule has 0 bridgehead atoms. The Bertz CT molecular complexity index is 1180. The summed E-state index contributed by atoms with van der Waals surface area (Å²) in [6, 6.07) is 19.7. The summed E-state index contributed by atoms with van der Waals surface area (Å²) in [5, 5.41) is 0. The van der Waals surface area contributed by atoms with Crippen LogP contribution in [0.15, 0.2) is 66.7 Å². The Labute approximate surface area is 204 Å². The van der Waals surface area contributed by atoms with E-state index in [1.54, 1.807) is 30.3 Å². The molecule has 0 aromatic heterocycles. The van der Waals surface area contributed by atoms with Crippen molar-refractivity contribution >= 4 is 5.91 Å². The van der Waals surface area contributed by atoms with Crippen LogP contribution in [0.25, 0.3) is 0 Å². The molecule has 0 aliphatic carbocycles. The maximum absolute atomic E-state index is 13.9. The van der Waals surface area contributed by atoms with Gasteiger partial charge in [0, 0.05) is 31.7 Å². The van der Waals surface area contributed by atoms with E-state index in [9.17, 15) is 9.18 Å². The summed E-state index contributed by atoms with van der Waals surface area (Å²) in [5.74, 6) is 1.60. The van der Waals surface area contributed by atoms with Gasteiger partial charge in [-0.3, -0.25) is 4.79 Å². The summed E-state index contributed by atoms with van der Waals surface area (Å²) < 4.78 is 36.4. The number of fused-ring (bicyclic) bond motifs is 1. The number of hydrogen-bond acceptors (Lipinski definition) is 5. The van der Waals surface area contributed by atoms with Gasteiger partial charge in [-0.1, -0.05) is 30.3 Å². The average molecular weight is 478 g/mol. The number of halogens is 1. The standard InChI is InChI=1S/C28H28FNO5/c29-25-9-2-1-6-21(25)12-14-33-23-7-3-5-20(15-23)17-30(18-24-8-4-13-32-24)28(31)22-10-11-26-27(16-22)35-19-34-26/h1-3,5-7,9-11,15-16,24H,4,8,12-14,17-19H2/t24-/m0/s1. The Hall–Kier alpha value is -3.58. The van der Waals surface area contributed by atoms with Gasteiger partial charge in [0.1, 0.15) is 11.6 Å². The molecule has 5 rings (SSSR count). The molecule has 0 saturated carbocycles. The number of benzene rings is 3. The Morgan fingerprint density at radius 3 is 2.77 bits per heavy atom. The largest absolute Gasteiger partial charge is 0.493 e. The minimum absolute atomic E-state index is 0.0214. The number of nitrogens with zero attached hydrogens (tertiary/aromatic N) is 1. The van der Waals surface area contributed by atoms with Crippen molar-refractivity contribution in [1.29, 1.82) is 0 Å². The van der Waals surface area contributed by atoms with Crippen molar-refractivity contribution in [3.63, 3.8) is 0 Å². The van der Waals surface area contributed by atoms with E-state index in [2.05, 4.69) is 0 Å². The highest BCUT2D eigenvalue weighted by molar-refractivity contribution is 5.95. The van der Waals surface area contributed by atoms with E-state index in [1.165, 1.54) is 6.07 Å². The molecule has 2 aliphatic rings. The minimum Gasteiger partial charge on any atom is -0.493 e. The molecule has 1 fully saturated rings. The molecule has 3 aromatic carbocycles. The molecule has 2 aliphatic heterocycles. The maximum atomic E-state index is 13.9. The molecule has 1 amide bonds. The molecule has 0 unspecified atom stereocenters. The van der Waals surface area contributed by atoms with Crippen molar-refractivity contribution < 1.29 is 28.1 Å². The third-order valence-electron chi connectivity index (χ3n) is 6.22. The molecule has 0 radical (unpaired) electrons. The quantitative estimate of drug-likeness (QED) is 0.434. The normalized spacial score (nSPS) is 16.3. The first-order valence-electron chi connectivity index (χ1n) is 11.9. The van der Waals surface area contributed by atoms with Crippen LogP contribution in [0.4, 0.5) is 4.39 Å². The maximum Gasteiger partial charge on any atom is 0.254 e. The number of carbonyl (C=O) groups excluding carboxylic acids is 1. The number of ether oxygens (including phenoxy) is 4. The van der Waals surface area contributed by atoms with E-state index in [4.69, 9.17) is 18.9 Å². The molecular weight excluding hydrogens is 449 g/mol. The van der Waals surface area contributed by atoms with Gasteiger partial charge < -0.3 is 23.8 Å². The Morgan fingerprint density at radius 1 is 1.03 bits per heavy atom. The second-order valence-electron chi connectivity index (χ2n) is 8.73. The zero-order chi connectivity index (χ0) is 24.0. The van der Waals surface area contributed by atoms with Gasteiger partial charge in [-0.25, -0.2) is 4.39 Å². The highest BCUT2D eigenvalue weighted by atomic mass is 19.1. The number of rotatable bonds is 9. The lowest BCUT2D eigenvalue weighted by molar-refractivity contribution is 0.0507. The molecule has 35 heavy (non-hydrogen) atoms. The lowest BCUT2D eigenvalue weighted by atomic mass is 10.1. The molecule has 1 saturated heterocycles. The van der Waals surface area contributed by atoms with E-state index in [0.29, 0.717) is 54.5 Å². The average Bonchev–Trinajstić information content (AvgIpc) is 3.56. The summed E-state index contributed by atoms with van der Waals surface area (Å²) in [5.41, 5.74) is 2.12. The zero-order valence-electron chi connectivity index (χ0n) is 19.5. The van der Waals surface area contributed by atoms with E-state index in [0.717, 1.165) is 25.0 Å². The predicted octanol–water partition coefficient (Wildman–Crippen LogP) is 5.00. The lowest BCUT2D eigenvalue weighted by Crippen LogP contribution is -2.37. The van der Waals surface area contributed by atoms with Crippen molar-refractivity contribution in [3.8, 4) is 17.2 Å². The van der Waals surface area contributed by atoms with Crippen LogP contribution in [-0.2, 0) is 17.7 Å². The summed E-state index contributed by atoms with van der Waals surface area (Å²) in [4.78, 5) is 15.3. The predicted molar refractivity (Wildman–Crippen MR) is 128 cm³/mol. The van der Waals surface area contributed by atoms with Crippen molar-refractivity contribution in [2.75, 3.05) is 26.6 Å². The fourth-order valence-corrected chi connectivity index (χ4v) is 4.40. The highest BCUT2D eigenvalue weighted by Gasteiger charge is 2.25. The topological polar surface area (TPSA) is 57.2 Å². The van der Waals surface area contributed by atoms with Gasteiger partial charge in [0.05, 0.1) is 12.7 Å². The first kappa shape index (κ1) is 23.2.